The Morgan fingerprint density at radius 1 is 1.31 bits per heavy atom. The van der Waals surface area contributed by atoms with Gasteiger partial charge in [-0.3, -0.25) is 14.4 Å². The van der Waals surface area contributed by atoms with Crippen LogP contribution in [0.1, 0.15) is 31.2 Å². The standard InChI is InChI=1S/C21H26N2O6/c1-29-19(26)18-13-10-17(25)23(11-12(13)6-7-16(18)24)9-8-21(28)14-4-2-3-5-15(14)22-20(21)27/h2-5,12-13,16,18,24,28H,6-11H2,1H3,(H,22,27)/t12-,13-,16+,18+,21+/m0/s1. The Morgan fingerprint density at radius 2 is 2.07 bits per heavy atom. The molecule has 1 aromatic carbocycles. The molecule has 8 heteroatoms. The summed E-state index contributed by atoms with van der Waals surface area (Å²) in [6, 6.07) is 7.00. The van der Waals surface area contributed by atoms with E-state index in [0.717, 1.165) is 6.42 Å². The third-order valence-electron chi connectivity index (χ3n) is 6.75. The zero-order chi connectivity index (χ0) is 20.8. The Bertz CT molecular complexity index is 842. The van der Waals surface area contributed by atoms with Gasteiger partial charge in [-0.2, -0.15) is 0 Å². The van der Waals surface area contributed by atoms with E-state index >= 15 is 0 Å². The maximum Gasteiger partial charge on any atom is 0.311 e. The molecule has 0 unspecified atom stereocenters. The van der Waals surface area contributed by atoms with Crippen molar-refractivity contribution >= 4 is 23.5 Å². The highest BCUT2D eigenvalue weighted by atomic mass is 16.5. The van der Waals surface area contributed by atoms with Crippen LogP contribution in [0.3, 0.4) is 0 Å². The summed E-state index contributed by atoms with van der Waals surface area (Å²) in [4.78, 5) is 38.9. The van der Waals surface area contributed by atoms with Crippen LogP contribution in [0.4, 0.5) is 5.69 Å². The molecule has 4 rings (SSSR count). The van der Waals surface area contributed by atoms with Gasteiger partial charge in [-0.25, -0.2) is 0 Å². The highest BCUT2D eigenvalue weighted by Crippen LogP contribution is 2.42. The number of piperidine rings is 1. The summed E-state index contributed by atoms with van der Waals surface area (Å²) < 4.78 is 4.84. The SMILES string of the molecule is COC(=O)[C@@H]1[C@H]2CC(=O)N(CC[C@]3(O)C(=O)Nc4ccccc43)C[C@@H]2CC[C@H]1O. The number of nitrogens with one attached hydrogen (secondary N) is 1. The number of methoxy groups -OCH3 is 1. The molecule has 2 fully saturated rings. The Hall–Kier alpha value is -2.45. The molecule has 2 amide bonds. The molecule has 2 aliphatic heterocycles. The normalized spacial score (nSPS) is 33.7. The molecule has 8 nitrogen and oxygen atoms in total. The maximum absolute atomic E-state index is 12.8. The van der Waals surface area contributed by atoms with Crippen molar-refractivity contribution in [1.82, 2.24) is 4.90 Å². The molecule has 1 saturated carbocycles. The van der Waals surface area contributed by atoms with Crippen LogP contribution in [0, 0.1) is 17.8 Å². The topological polar surface area (TPSA) is 116 Å². The molecule has 0 spiro atoms. The fourth-order valence-corrected chi connectivity index (χ4v) is 5.12. The number of likely N-dealkylation sites (tertiary alicyclic amines) is 1. The maximum atomic E-state index is 12.8. The quantitative estimate of drug-likeness (QED) is 0.636. The molecule has 2 heterocycles. The molecule has 3 N–H and O–H groups in total. The van der Waals surface area contributed by atoms with Crippen LogP contribution in [0.15, 0.2) is 24.3 Å². The largest absolute Gasteiger partial charge is 0.469 e. The Labute approximate surface area is 168 Å². The molecule has 5 atom stereocenters. The molecule has 156 valence electrons. The molecule has 0 bridgehead atoms. The molecular weight excluding hydrogens is 376 g/mol. The van der Waals surface area contributed by atoms with E-state index < -0.39 is 29.5 Å². The summed E-state index contributed by atoms with van der Waals surface area (Å²) in [5.74, 6) is -1.92. The zero-order valence-corrected chi connectivity index (χ0v) is 16.3. The lowest BCUT2D eigenvalue weighted by molar-refractivity contribution is -0.162. The monoisotopic (exact) mass is 402 g/mol. The molecule has 1 aliphatic carbocycles. The fraction of sp³-hybridized carbons (Fsp3) is 0.571. The average Bonchev–Trinajstić information content (AvgIpc) is 2.96. The zero-order valence-electron chi connectivity index (χ0n) is 16.3. The van der Waals surface area contributed by atoms with E-state index in [1.165, 1.54) is 7.11 Å². The van der Waals surface area contributed by atoms with Gasteiger partial charge in [0.1, 0.15) is 0 Å². The van der Waals surface area contributed by atoms with Gasteiger partial charge in [0.2, 0.25) is 5.91 Å². The summed E-state index contributed by atoms with van der Waals surface area (Å²) in [6.45, 7) is 0.689. The number of nitrogens with zero attached hydrogens (tertiary/aromatic N) is 1. The Balaban J connectivity index is 1.46. The van der Waals surface area contributed by atoms with E-state index in [1.54, 1.807) is 29.2 Å². The number of aliphatic hydroxyl groups is 2. The van der Waals surface area contributed by atoms with Gasteiger partial charge >= 0.3 is 5.97 Å². The molecule has 29 heavy (non-hydrogen) atoms. The fourth-order valence-electron chi connectivity index (χ4n) is 5.12. The number of anilines is 1. The third kappa shape index (κ3) is 3.30. The molecule has 0 aromatic heterocycles. The summed E-state index contributed by atoms with van der Waals surface area (Å²) in [6.07, 6.45) is 0.673. The van der Waals surface area contributed by atoms with Crippen molar-refractivity contribution in [2.24, 2.45) is 17.8 Å². The van der Waals surface area contributed by atoms with Gasteiger partial charge in [0.05, 0.1) is 19.1 Å². The smallest absolute Gasteiger partial charge is 0.311 e. The number of carbonyl (C=O) groups is 3. The number of esters is 1. The van der Waals surface area contributed by atoms with E-state index in [1.807, 2.05) is 0 Å². The number of rotatable bonds is 4. The molecule has 3 aliphatic rings. The number of para-hydroxylation sites is 1. The van der Waals surface area contributed by atoms with Gasteiger partial charge in [0.15, 0.2) is 5.60 Å². The van der Waals surface area contributed by atoms with Crippen molar-refractivity contribution in [3.8, 4) is 0 Å². The number of ether oxygens (including phenoxy) is 1. The number of fused-ring (bicyclic) bond motifs is 2. The lowest BCUT2D eigenvalue weighted by Crippen LogP contribution is -2.53. The Kier molecular flexibility index (Phi) is 5.08. The predicted molar refractivity (Wildman–Crippen MR) is 103 cm³/mol. The number of hydrogen-bond donors (Lipinski definition) is 3. The first kappa shape index (κ1) is 19.8. The second kappa shape index (κ2) is 7.42. The van der Waals surface area contributed by atoms with Gasteiger partial charge in [-0.1, -0.05) is 18.2 Å². The van der Waals surface area contributed by atoms with Crippen LogP contribution >= 0.6 is 0 Å². The average molecular weight is 402 g/mol. The van der Waals surface area contributed by atoms with Crippen molar-refractivity contribution in [3.63, 3.8) is 0 Å². The minimum Gasteiger partial charge on any atom is -0.469 e. The first-order valence-corrected chi connectivity index (χ1v) is 10.0. The molecular formula is C21H26N2O6. The summed E-state index contributed by atoms with van der Waals surface area (Å²) in [5.41, 5.74) is -0.545. The second-order valence-corrected chi connectivity index (χ2v) is 8.27. The number of carbonyl (C=O) groups excluding carboxylic acids is 3. The van der Waals surface area contributed by atoms with Crippen molar-refractivity contribution in [2.75, 3.05) is 25.5 Å². The first-order valence-electron chi connectivity index (χ1n) is 10.0. The number of aliphatic hydroxyl groups excluding tert-OH is 1. The number of amides is 2. The minimum atomic E-state index is -1.66. The van der Waals surface area contributed by atoms with E-state index in [-0.39, 0.29) is 37.1 Å². The highest BCUT2D eigenvalue weighted by molar-refractivity contribution is 6.04. The van der Waals surface area contributed by atoms with Gasteiger partial charge in [-0.15, -0.1) is 0 Å². The minimum absolute atomic E-state index is 0.0829. The lowest BCUT2D eigenvalue weighted by atomic mass is 9.67. The molecule has 1 aromatic rings. The van der Waals surface area contributed by atoms with E-state index in [2.05, 4.69) is 5.32 Å². The van der Waals surface area contributed by atoms with Gasteiger partial charge < -0.3 is 25.2 Å². The van der Waals surface area contributed by atoms with Crippen molar-refractivity contribution in [1.29, 1.82) is 0 Å². The highest BCUT2D eigenvalue weighted by Gasteiger charge is 2.49. The van der Waals surface area contributed by atoms with E-state index in [0.29, 0.717) is 24.2 Å². The predicted octanol–water partition coefficient (Wildman–Crippen LogP) is 0.625. The van der Waals surface area contributed by atoms with Crippen LogP contribution in [-0.4, -0.2) is 59.2 Å². The summed E-state index contributed by atoms with van der Waals surface area (Å²) in [7, 11) is 1.29. The summed E-state index contributed by atoms with van der Waals surface area (Å²) >= 11 is 0. The van der Waals surface area contributed by atoms with Crippen molar-refractivity contribution in [2.45, 2.75) is 37.4 Å². The second-order valence-electron chi connectivity index (χ2n) is 8.27. The lowest BCUT2D eigenvalue weighted by Gasteiger charge is -2.45. The Morgan fingerprint density at radius 3 is 2.83 bits per heavy atom. The number of benzene rings is 1. The first-order chi connectivity index (χ1) is 13.8. The molecule has 1 saturated heterocycles. The van der Waals surface area contributed by atoms with E-state index in [4.69, 9.17) is 4.74 Å². The van der Waals surface area contributed by atoms with E-state index in [9.17, 15) is 24.6 Å². The van der Waals surface area contributed by atoms with Crippen LogP contribution in [-0.2, 0) is 24.7 Å². The summed E-state index contributed by atoms with van der Waals surface area (Å²) in [5, 5.41) is 23.9. The van der Waals surface area contributed by atoms with Crippen molar-refractivity contribution in [3.05, 3.63) is 29.8 Å². The van der Waals surface area contributed by atoms with Crippen LogP contribution < -0.4 is 5.32 Å². The third-order valence-corrected chi connectivity index (χ3v) is 6.75. The van der Waals surface area contributed by atoms with Crippen LogP contribution in [0.5, 0.6) is 0 Å². The van der Waals surface area contributed by atoms with Crippen LogP contribution in [0.2, 0.25) is 0 Å². The molecule has 0 radical (unpaired) electrons. The van der Waals surface area contributed by atoms with Gasteiger partial charge in [0.25, 0.3) is 5.91 Å². The van der Waals surface area contributed by atoms with Crippen LogP contribution in [0.25, 0.3) is 0 Å². The van der Waals surface area contributed by atoms with Gasteiger partial charge in [-0.05, 0) is 30.7 Å². The number of hydrogen-bond acceptors (Lipinski definition) is 6. The van der Waals surface area contributed by atoms with Gasteiger partial charge in [0, 0.05) is 37.2 Å². The van der Waals surface area contributed by atoms with Crippen molar-refractivity contribution < 1.29 is 29.3 Å².